The molecule has 0 unspecified atom stereocenters. The van der Waals surface area contributed by atoms with Crippen molar-refractivity contribution >= 4 is 41.8 Å². The van der Waals surface area contributed by atoms with Crippen molar-refractivity contribution in [3.05, 3.63) is 10.6 Å². The van der Waals surface area contributed by atoms with Gasteiger partial charge in [0.2, 0.25) is 5.91 Å². The third-order valence-electron chi connectivity index (χ3n) is 3.30. The molecule has 4 nitrogen and oxygen atoms in total. The molecule has 0 aliphatic carbocycles. The minimum atomic E-state index is 0. The highest BCUT2D eigenvalue weighted by Gasteiger charge is 2.24. The lowest BCUT2D eigenvalue weighted by Gasteiger charge is -2.29. The van der Waals surface area contributed by atoms with Gasteiger partial charge in [-0.25, -0.2) is 0 Å². The van der Waals surface area contributed by atoms with Gasteiger partial charge in [0, 0.05) is 48.2 Å². The van der Waals surface area contributed by atoms with Crippen molar-refractivity contribution in [2.45, 2.75) is 13.3 Å². The zero-order valence-electron chi connectivity index (χ0n) is 11.1. The average Bonchev–Trinajstić information content (AvgIpc) is 2.73. The smallest absolute Gasteiger partial charge is 0.242 e. The van der Waals surface area contributed by atoms with Crippen LogP contribution in [0.1, 0.15) is 13.3 Å². The van der Waals surface area contributed by atoms with Crippen LogP contribution in [0.3, 0.4) is 0 Å². The number of aliphatic hydroxyl groups is 1. The predicted octanol–water partition coefficient (Wildman–Crippen LogP) is 1.60. The van der Waals surface area contributed by atoms with Crippen LogP contribution in [-0.2, 0) is 4.79 Å². The summed E-state index contributed by atoms with van der Waals surface area (Å²) < 4.78 is 0. The Labute approximate surface area is 129 Å². The van der Waals surface area contributed by atoms with E-state index in [-0.39, 0.29) is 24.9 Å². The molecule has 0 aromatic carbocycles. The molecule has 0 saturated carbocycles. The predicted molar refractivity (Wildman–Crippen MR) is 84.7 cm³/mol. The number of hydrogen-bond acceptors (Lipinski definition) is 5. The van der Waals surface area contributed by atoms with E-state index in [0.717, 1.165) is 36.2 Å². The number of allylic oxidation sites excluding steroid dienone is 1. The van der Waals surface area contributed by atoms with E-state index in [0.29, 0.717) is 13.0 Å². The first kappa shape index (κ1) is 17.0. The van der Waals surface area contributed by atoms with Crippen molar-refractivity contribution in [1.82, 2.24) is 9.80 Å². The number of amides is 1. The molecular formula is C12H21ClN2O2S2. The lowest BCUT2D eigenvalue weighted by atomic mass is 10.3. The second-order valence-corrected chi connectivity index (χ2v) is 6.71. The van der Waals surface area contributed by atoms with E-state index >= 15 is 0 Å². The summed E-state index contributed by atoms with van der Waals surface area (Å²) in [5.41, 5.74) is 1.16. The maximum Gasteiger partial charge on any atom is 0.242 e. The second-order valence-electron chi connectivity index (χ2n) is 4.45. The number of rotatable bonds is 4. The van der Waals surface area contributed by atoms with Crippen molar-refractivity contribution in [3.8, 4) is 0 Å². The maximum atomic E-state index is 12.2. The number of carbonyl (C=O) groups is 1. The highest BCUT2D eigenvalue weighted by molar-refractivity contribution is 8.03. The Hall–Kier alpha value is -0.0400. The summed E-state index contributed by atoms with van der Waals surface area (Å²) in [4.78, 5) is 17.5. The Morgan fingerprint density at radius 1 is 1.37 bits per heavy atom. The molecule has 2 rings (SSSR count). The van der Waals surface area contributed by atoms with Crippen LogP contribution in [0.5, 0.6) is 0 Å². The Balaban J connectivity index is 0.00000180. The van der Waals surface area contributed by atoms with Crippen LogP contribution in [0.2, 0.25) is 0 Å². The molecule has 7 heteroatoms. The number of thioether (sulfide) groups is 2. The number of nitrogens with zero attached hydrogens (tertiary/aromatic N) is 2. The van der Waals surface area contributed by atoms with Crippen molar-refractivity contribution in [2.75, 3.05) is 43.6 Å². The fraction of sp³-hybridized carbons (Fsp3) is 0.750. The van der Waals surface area contributed by atoms with Gasteiger partial charge in [-0.15, -0.1) is 24.2 Å². The fourth-order valence-electron chi connectivity index (χ4n) is 2.13. The Morgan fingerprint density at radius 3 is 2.68 bits per heavy atom. The summed E-state index contributed by atoms with van der Waals surface area (Å²) >= 11 is 3.66. The van der Waals surface area contributed by atoms with Crippen LogP contribution in [0, 0.1) is 0 Å². The summed E-state index contributed by atoms with van der Waals surface area (Å²) in [6.07, 6.45) is 0.710. The van der Waals surface area contributed by atoms with Gasteiger partial charge in [0.1, 0.15) is 0 Å². The quantitative estimate of drug-likeness (QED) is 0.851. The van der Waals surface area contributed by atoms with Crippen molar-refractivity contribution in [2.24, 2.45) is 0 Å². The molecule has 2 heterocycles. The van der Waals surface area contributed by atoms with E-state index in [4.69, 9.17) is 5.11 Å². The SMILES string of the molecule is CC1=C(CCO)SCN1CC(=O)N1CCSCC1.Cl. The molecule has 19 heavy (non-hydrogen) atoms. The molecule has 0 atom stereocenters. The normalized spacial score (nSPS) is 19.7. The van der Waals surface area contributed by atoms with Crippen LogP contribution in [0.25, 0.3) is 0 Å². The molecule has 1 fully saturated rings. The highest BCUT2D eigenvalue weighted by atomic mass is 35.5. The van der Waals surface area contributed by atoms with Crippen LogP contribution in [-0.4, -0.2) is 64.4 Å². The molecular weight excluding hydrogens is 304 g/mol. The van der Waals surface area contributed by atoms with Crippen molar-refractivity contribution in [3.63, 3.8) is 0 Å². The van der Waals surface area contributed by atoms with E-state index in [1.807, 2.05) is 23.6 Å². The Morgan fingerprint density at radius 2 is 2.05 bits per heavy atom. The fourth-order valence-corrected chi connectivity index (χ4v) is 4.20. The third kappa shape index (κ3) is 4.48. The van der Waals surface area contributed by atoms with Gasteiger partial charge in [0.25, 0.3) is 0 Å². The lowest BCUT2D eigenvalue weighted by Crippen LogP contribution is -2.43. The van der Waals surface area contributed by atoms with Crippen molar-refractivity contribution < 1.29 is 9.90 Å². The molecule has 1 amide bonds. The number of hydrogen-bond donors (Lipinski definition) is 1. The van der Waals surface area contributed by atoms with Gasteiger partial charge < -0.3 is 14.9 Å². The monoisotopic (exact) mass is 324 g/mol. The zero-order chi connectivity index (χ0) is 13.0. The molecule has 0 radical (unpaired) electrons. The summed E-state index contributed by atoms with van der Waals surface area (Å²) in [6.45, 7) is 4.49. The summed E-state index contributed by atoms with van der Waals surface area (Å²) in [7, 11) is 0. The van der Waals surface area contributed by atoms with Crippen LogP contribution in [0.4, 0.5) is 0 Å². The summed E-state index contributed by atoms with van der Waals surface area (Å²) in [5.74, 6) is 3.20. The third-order valence-corrected chi connectivity index (χ3v) is 5.53. The van der Waals surface area contributed by atoms with Gasteiger partial charge in [0.05, 0.1) is 12.4 Å². The zero-order valence-corrected chi connectivity index (χ0v) is 13.6. The summed E-state index contributed by atoms with van der Waals surface area (Å²) in [6, 6.07) is 0. The minimum absolute atomic E-state index is 0. The second kappa shape index (κ2) is 8.29. The maximum absolute atomic E-state index is 12.2. The van der Waals surface area contributed by atoms with Gasteiger partial charge in [-0.05, 0) is 6.92 Å². The largest absolute Gasteiger partial charge is 0.396 e. The van der Waals surface area contributed by atoms with Crippen LogP contribution >= 0.6 is 35.9 Å². The van der Waals surface area contributed by atoms with Gasteiger partial charge in [-0.2, -0.15) is 11.8 Å². The number of aliphatic hydroxyl groups excluding tert-OH is 1. The van der Waals surface area contributed by atoms with Crippen molar-refractivity contribution in [1.29, 1.82) is 0 Å². The molecule has 1 N–H and O–H groups in total. The molecule has 2 aliphatic rings. The molecule has 0 spiro atoms. The van der Waals surface area contributed by atoms with E-state index in [9.17, 15) is 4.79 Å². The van der Waals surface area contributed by atoms with Crippen LogP contribution in [0.15, 0.2) is 10.6 Å². The molecule has 0 bridgehead atoms. The average molecular weight is 325 g/mol. The Kier molecular flexibility index (Phi) is 7.42. The standard InChI is InChI=1S/C12H20N2O2S2.ClH/c1-10-11(2-5-15)18-9-14(10)8-12(16)13-3-6-17-7-4-13;/h15H,2-9H2,1H3;1H. The van der Waals surface area contributed by atoms with Crippen LogP contribution < -0.4 is 0 Å². The highest BCUT2D eigenvalue weighted by Crippen LogP contribution is 2.33. The molecule has 0 aromatic rings. The lowest BCUT2D eigenvalue weighted by molar-refractivity contribution is -0.131. The molecule has 0 aromatic heterocycles. The van der Waals surface area contributed by atoms with E-state index in [2.05, 4.69) is 4.90 Å². The molecule has 1 saturated heterocycles. The Bertz CT molecular complexity index is 347. The van der Waals surface area contributed by atoms with Gasteiger partial charge >= 0.3 is 0 Å². The molecule has 110 valence electrons. The van der Waals surface area contributed by atoms with Gasteiger partial charge in [0.15, 0.2) is 0 Å². The van der Waals surface area contributed by atoms with Gasteiger partial charge in [-0.3, -0.25) is 4.79 Å². The molecule has 2 aliphatic heterocycles. The van der Waals surface area contributed by atoms with E-state index in [1.165, 1.54) is 4.91 Å². The first-order chi connectivity index (χ1) is 8.72. The first-order valence-corrected chi connectivity index (χ1v) is 8.40. The number of carbonyl (C=O) groups excluding carboxylic acids is 1. The summed E-state index contributed by atoms with van der Waals surface area (Å²) in [5, 5.41) is 8.97. The van der Waals surface area contributed by atoms with Gasteiger partial charge in [-0.1, -0.05) is 0 Å². The minimum Gasteiger partial charge on any atom is -0.396 e. The van der Waals surface area contributed by atoms with E-state index < -0.39 is 0 Å². The number of halogens is 1. The first-order valence-electron chi connectivity index (χ1n) is 6.26. The topological polar surface area (TPSA) is 43.8 Å². The van der Waals surface area contributed by atoms with E-state index in [1.54, 1.807) is 11.8 Å².